The Labute approximate surface area is 57.1 Å². The maximum absolute atomic E-state index is 5.03. The van der Waals surface area contributed by atoms with E-state index in [4.69, 9.17) is 4.52 Å². The zero-order chi connectivity index (χ0) is 6.97. The van der Waals surface area contributed by atoms with Crippen LogP contribution in [-0.4, -0.2) is 16.8 Å². The molecule has 0 spiro atoms. The van der Waals surface area contributed by atoms with Crippen LogP contribution in [-0.2, 0) is 0 Å². The predicted octanol–water partition coefficient (Wildman–Crippen LogP) is 1.04. The lowest BCUT2D eigenvalue weighted by Gasteiger charge is -1.79. The van der Waals surface area contributed by atoms with E-state index in [2.05, 4.69) is 16.9 Å². The van der Waals surface area contributed by atoms with E-state index < -0.39 is 0 Å². The van der Waals surface area contributed by atoms with E-state index in [-0.39, 0.29) is 0 Å². The Morgan fingerprint density at radius 3 is 3.20 bits per heavy atom. The molecule has 4 nitrogen and oxygen atoms in total. The van der Waals surface area contributed by atoms with Crippen LogP contribution in [0.5, 0.6) is 0 Å². The molecule has 0 radical (unpaired) electrons. The summed E-state index contributed by atoms with van der Waals surface area (Å²) in [7, 11) is 0. The Morgan fingerprint density at radius 1 is 1.60 bits per heavy atom. The molecule has 0 aromatic heterocycles. The van der Waals surface area contributed by atoms with Crippen molar-refractivity contribution in [1.82, 2.24) is 10.1 Å². The fourth-order valence-corrected chi connectivity index (χ4v) is 0.815. The molecule has 0 atom stereocenters. The first-order valence-corrected chi connectivity index (χ1v) is 2.82. The Morgan fingerprint density at radius 2 is 2.50 bits per heavy atom. The highest BCUT2D eigenvalue weighted by Crippen LogP contribution is 2.19. The second kappa shape index (κ2) is 1.70. The summed E-state index contributed by atoms with van der Waals surface area (Å²) in [6.45, 7) is 3.26. The van der Waals surface area contributed by atoms with Crippen molar-refractivity contribution in [1.29, 1.82) is 0 Å². The second-order valence-corrected chi connectivity index (χ2v) is 1.86. The minimum Gasteiger partial charge on any atom is -0.339 e. The molecule has 2 aliphatic rings. The first-order chi connectivity index (χ1) is 4.90. The average Bonchev–Trinajstić information content (AvgIpc) is 2.42. The molecule has 0 bridgehead atoms. The van der Waals surface area contributed by atoms with Crippen molar-refractivity contribution < 1.29 is 4.52 Å². The molecule has 1 heterocycles. The van der Waals surface area contributed by atoms with Crippen molar-refractivity contribution in [2.24, 2.45) is 5.10 Å². The van der Waals surface area contributed by atoms with Gasteiger partial charge in [0.1, 0.15) is 5.69 Å². The third kappa shape index (κ3) is 0.556. The summed E-state index contributed by atoms with van der Waals surface area (Å²) in [4.78, 5) is 1.09. The molecule has 10 heavy (non-hydrogen) atoms. The van der Waals surface area contributed by atoms with E-state index in [0.717, 1.165) is 16.4 Å². The van der Waals surface area contributed by atoms with Crippen molar-refractivity contribution in [2.75, 3.05) is 0 Å². The molecular weight excluding hydrogens is 130 g/mol. The van der Waals surface area contributed by atoms with Crippen LogP contribution in [0.2, 0.25) is 0 Å². The first-order valence-electron chi connectivity index (χ1n) is 2.82. The molecule has 0 fully saturated rings. The van der Waals surface area contributed by atoms with E-state index in [1.165, 1.54) is 0 Å². The van der Waals surface area contributed by atoms with E-state index in [1.54, 1.807) is 0 Å². The van der Waals surface area contributed by atoms with E-state index >= 15 is 0 Å². The quantitative estimate of drug-likeness (QED) is 0.548. The zero-order valence-electron chi connectivity index (χ0n) is 5.19. The SMILES string of the molecule is C=Nn1nc2cccc-2o1. The van der Waals surface area contributed by atoms with Crippen LogP contribution in [0.25, 0.3) is 11.5 Å². The molecular formula is C6H5N3O. The molecule has 50 valence electrons. The molecule has 1 aliphatic heterocycles. The minimum atomic E-state index is 0.729. The largest absolute Gasteiger partial charge is 0.339 e. The fourth-order valence-electron chi connectivity index (χ4n) is 0.815. The van der Waals surface area contributed by atoms with Gasteiger partial charge >= 0.3 is 0 Å². The van der Waals surface area contributed by atoms with Gasteiger partial charge in [-0.1, -0.05) is 6.07 Å². The third-order valence-electron chi connectivity index (χ3n) is 1.25. The van der Waals surface area contributed by atoms with Gasteiger partial charge in [-0.3, -0.25) is 0 Å². The van der Waals surface area contributed by atoms with Crippen LogP contribution in [0.15, 0.2) is 27.8 Å². The highest BCUT2D eigenvalue weighted by atomic mass is 16.5. The number of hydrogen-bond donors (Lipinski definition) is 0. The summed E-state index contributed by atoms with van der Waals surface area (Å²) in [6, 6.07) is 5.54. The van der Waals surface area contributed by atoms with Crippen LogP contribution < -0.4 is 0 Å². The van der Waals surface area contributed by atoms with Crippen LogP contribution in [0, 0.1) is 0 Å². The molecule has 2 rings (SSSR count). The molecule has 0 unspecified atom stereocenters. The lowest BCUT2D eigenvalue weighted by Crippen LogP contribution is -1.84. The summed E-state index contributed by atoms with van der Waals surface area (Å²) in [6.07, 6.45) is 0. The number of rotatable bonds is 1. The second-order valence-electron chi connectivity index (χ2n) is 1.86. The number of fused-ring (bicyclic) bond motifs is 1. The molecule has 1 aliphatic carbocycles. The van der Waals surface area contributed by atoms with Gasteiger partial charge in [0.2, 0.25) is 0 Å². The average molecular weight is 135 g/mol. The van der Waals surface area contributed by atoms with Gasteiger partial charge in [-0.05, 0) is 12.1 Å². The van der Waals surface area contributed by atoms with Crippen LogP contribution in [0.4, 0.5) is 0 Å². The van der Waals surface area contributed by atoms with Crippen LogP contribution in [0.1, 0.15) is 0 Å². The van der Waals surface area contributed by atoms with Crippen molar-refractivity contribution in [3.05, 3.63) is 18.2 Å². The Balaban J connectivity index is 2.67. The van der Waals surface area contributed by atoms with Gasteiger partial charge in [-0.25, -0.2) is 0 Å². The number of hydrogen-bond acceptors (Lipinski definition) is 3. The highest BCUT2D eigenvalue weighted by Gasteiger charge is 2.08. The monoisotopic (exact) mass is 135 g/mol. The topological polar surface area (TPSA) is 43.3 Å². The summed E-state index contributed by atoms with van der Waals surface area (Å²) in [5, 5.41) is 7.38. The maximum Gasteiger partial charge on any atom is 0.187 e. The molecule has 0 amide bonds. The van der Waals surface area contributed by atoms with Gasteiger partial charge in [0.05, 0.1) is 0 Å². The number of nitrogens with zero attached hydrogens (tertiary/aromatic N) is 3. The minimum absolute atomic E-state index is 0.729. The van der Waals surface area contributed by atoms with Gasteiger partial charge in [0, 0.05) is 11.7 Å². The van der Waals surface area contributed by atoms with Gasteiger partial charge in [-0.2, -0.15) is 0 Å². The van der Waals surface area contributed by atoms with Crippen molar-refractivity contribution in [2.45, 2.75) is 0 Å². The summed E-state index contributed by atoms with van der Waals surface area (Å²) >= 11 is 0. The Bertz CT molecular complexity index is 296. The molecule has 0 aromatic carbocycles. The van der Waals surface area contributed by atoms with Crippen molar-refractivity contribution in [3.63, 3.8) is 0 Å². The fraction of sp³-hybridized carbons (Fsp3) is 0. The molecule has 0 N–H and O–H groups in total. The van der Waals surface area contributed by atoms with Crippen LogP contribution in [0.3, 0.4) is 0 Å². The van der Waals surface area contributed by atoms with E-state index in [0.29, 0.717) is 0 Å². The normalized spacial score (nSPS) is 10.4. The molecule has 4 heteroatoms. The zero-order valence-corrected chi connectivity index (χ0v) is 5.19. The van der Waals surface area contributed by atoms with Crippen LogP contribution >= 0.6 is 0 Å². The van der Waals surface area contributed by atoms with Crippen molar-refractivity contribution in [3.8, 4) is 11.5 Å². The lowest BCUT2D eigenvalue weighted by molar-refractivity contribution is 0.275. The number of aromatic nitrogens is 2. The maximum atomic E-state index is 5.03. The Hall–Kier alpha value is -1.58. The van der Waals surface area contributed by atoms with Crippen molar-refractivity contribution >= 4 is 6.72 Å². The van der Waals surface area contributed by atoms with E-state index in [9.17, 15) is 0 Å². The first kappa shape index (κ1) is 5.22. The van der Waals surface area contributed by atoms with Gasteiger partial charge < -0.3 is 4.52 Å². The predicted molar refractivity (Wildman–Crippen MR) is 36.1 cm³/mol. The van der Waals surface area contributed by atoms with E-state index in [1.807, 2.05) is 18.2 Å². The standard InChI is InChI=1S/C6H5N3O/c1-7-9-8-5-3-2-4-6(5)10-9/h2-4H,1H2. The summed E-state index contributed by atoms with van der Waals surface area (Å²) in [5.41, 5.74) is 0.799. The van der Waals surface area contributed by atoms with Gasteiger partial charge in [0.15, 0.2) is 5.76 Å². The van der Waals surface area contributed by atoms with Gasteiger partial charge in [0.25, 0.3) is 0 Å². The summed E-state index contributed by atoms with van der Waals surface area (Å²) in [5.74, 6) is 0.729. The molecule has 0 aromatic rings. The third-order valence-corrected chi connectivity index (χ3v) is 1.25. The Kier molecular flexibility index (Phi) is 0.887. The highest BCUT2D eigenvalue weighted by molar-refractivity contribution is 5.53. The smallest absolute Gasteiger partial charge is 0.187 e. The summed E-state index contributed by atoms with van der Waals surface area (Å²) < 4.78 is 5.03. The molecule has 0 saturated carbocycles. The van der Waals surface area contributed by atoms with Gasteiger partial charge in [-0.15, -0.1) is 10.2 Å². The molecule has 0 saturated heterocycles. The lowest BCUT2D eigenvalue weighted by atomic mass is 10.4.